The number of nitriles is 1. The van der Waals surface area contributed by atoms with Crippen LogP contribution in [0.15, 0.2) is 82.6 Å². The van der Waals surface area contributed by atoms with Crippen molar-refractivity contribution in [3.05, 3.63) is 89.7 Å². The molecule has 0 aromatic heterocycles. The van der Waals surface area contributed by atoms with Crippen LogP contribution >= 0.6 is 11.8 Å². The summed E-state index contributed by atoms with van der Waals surface area (Å²) in [5, 5.41) is 9.32. The van der Waals surface area contributed by atoms with E-state index in [2.05, 4.69) is 11.0 Å². The van der Waals surface area contributed by atoms with E-state index in [1.54, 1.807) is 53.4 Å². The van der Waals surface area contributed by atoms with E-state index in [1.165, 1.54) is 23.9 Å². The molecule has 1 fully saturated rings. The van der Waals surface area contributed by atoms with E-state index >= 15 is 0 Å². The Morgan fingerprint density at radius 1 is 0.912 bits per heavy atom. The van der Waals surface area contributed by atoms with Gasteiger partial charge in [-0.15, -0.1) is 0 Å². The number of hydrogen-bond acceptors (Lipinski definition) is 6. The molecule has 0 bridgehead atoms. The third kappa shape index (κ3) is 5.56. The van der Waals surface area contributed by atoms with Crippen LogP contribution in [0.5, 0.6) is 0 Å². The third-order valence-corrected chi connectivity index (χ3v) is 6.64. The molecule has 8 heteroatoms. The minimum atomic E-state index is -0.587. The van der Waals surface area contributed by atoms with Gasteiger partial charge in [-0.25, -0.2) is 9.18 Å². The van der Waals surface area contributed by atoms with Crippen molar-refractivity contribution in [2.45, 2.75) is 9.79 Å². The Hall–Kier alpha value is -3.83. The van der Waals surface area contributed by atoms with Gasteiger partial charge in [0.25, 0.3) is 5.91 Å². The van der Waals surface area contributed by atoms with Gasteiger partial charge in [-0.05, 0) is 48.5 Å². The molecule has 1 heterocycles. The van der Waals surface area contributed by atoms with E-state index in [-0.39, 0.29) is 18.3 Å². The van der Waals surface area contributed by atoms with Crippen LogP contribution in [0.25, 0.3) is 0 Å². The lowest BCUT2D eigenvalue weighted by Gasteiger charge is -2.36. The predicted octanol–water partition coefficient (Wildman–Crippen LogP) is 4.35. The van der Waals surface area contributed by atoms with E-state index in [0.29, 0.717) is 42.2 Å². The first-order chi connectivity index (χ1) is 16.5. The summed E-state index contributed by atoms with van der Waals surface area (Å²) in [6.07, 6.45) is 0. The van der Waals surface area contributed by atoms with Crippen LogP contribution in [0.4, 0.5) is 10.1 Å². The van der Waals surface area contributed by atoms with E-state index < -0.39 is 5.97 Å². The topological polar surface area (TPSA) is 73.6 Å². The summed E-state index contributed by atoms with van der Waals surface area (Å²) in [6.45, 7) is 1.87. The molecule has 0 radical (unpaired) electrons. The second-order valence-corrected chi connectivity index (χ2v) is 8.71. The molecule has 3 aromatic rings. The lowest BCUT2D eigenvalue weighted by atomic mass is 10.2. The largest absolute Gasteiger partial charge is 0.452 e. The standard InChI is InChI=1S/C26H22FN3O3S/c27-20-9-11-21(12-10-20)29-13-15-30(16-14-29)25(31)18-33-26(32)22-6-2-4-8-24(22)34-23-7-3-1-5-19(23)17-28/h1-12H,13-16,18H2. The van der Waals surface area contributed by atoms with Crippen molar-refractivity contribution in [1.82, 2.24) is 4.90 Å². The summed E-state index contributed by atoms with van der Waals surface area (Å²) in [7, 11) is 0. The van der Waals surface area contributed by atoms with Gasteiger partial charge in [0.05, 0.1) is 11.1 Å². The lowest BCUT2D eigenvalue weighted by molar-refractivity contribution is -0.134. The summed E-state index contributed by atoms with van der Waals surface area (Å²) in [5.74, 6) is -1.13. The fraction of sp³-hybridized carbons (Fsp3) is 0.192. The molecule has 0 N–H and O–H groups in total. The molecule has 34 heavy (non-hydrogen) atoms. The van der Waals surface area contributed by atoms with Gasteiger partial charge in [-0.3, -0.25) is 4.79 Å². The third-order valence-electron chi connectivity index (χ3n) is 5.49. The number of halogens is 1. The molecule has 0 saturated carbocycles. The van der Waals surface area contributed by atoms with Crippen molar-refractivity contribution in [3.63, 3.8) is 0 Å². The number of piperazine rings is 1. The molecule has 1 amide bonds. The predicted molar refractivity (Wildman–Crippen MR) is 127 cm³/mol. The molecule has 1 aliphatic heterocycles. The number of benzene rings is 3. The fourth-order valence-electron chi connectivity index (χ4n) is 3.65. The fourth-order valence-corrected chi connectivity index (χ4v) is 4.67. The Morgan fingerprint density at radius 2 is 1.56 bits per heavy atom. The maximum atomic E-state index is 13.1. The maximum Gasteiger partial charge on any atom is 0.339 e. The number of nitrogens with zero attached hydrogens (tertiary/aromatic N) is 3. The highest BCUT2D eigenvalue weighted by Gasteiger charge is 2.23. The number of carbonyl (C=O) groups excluding carboxylic acids is 2. The first-order valence-corrected chi connectivity index (χ1v) is 11.6. The van der Waals surface area contributed by atoms with Crippen molar-refractivity contribution >= 4 is 29.3 Å². The zero-order valence-corrected chi connectivity index (χ0v) is 19.1. The minimum absolute atomic E-state index is 0.257. The lowest BCUT2D eigenvalue weighted by Crippen LogP contribution is -2.49. The van der Waals surface area contributed by atoms with Crippen LogP contribution in [0.3, 0.4) is 0 Å². The van der Waals surface area contributed by atoms with Gasteiger partial charge in [0.2, 0.25) is 0 Å². The first-order valence-electron chi connectivity index (χ1n) is 10.8. The van der Waals surface area contributed by atoms with Crippen LogP contribution < -0.4 is 4.90 Å². The normalized spacial score (nSPS) is 13.3. The van der Waals surface area contributed by atoms with Gasteiger partial charge in [0.1, 0.15) is 11.9 Å². The number of carbonyl (C=O) groups is 2. The highest BCUT2D eigenvalue weighted by atomic mass is 32.2. The molecular weight excluding hydrogens is 453 g/mol. The monoisotopic (exact) mass is 475 g/mol. The first kappa shape index (κ1) is 23.3. The molecule has 0 aliphatic carbocycles. The molecule has 1 saturated heterocycles. The van der Waals surface area contributed by atoms with Crippen molar-refractivity contribution < 1.29 is 18.7 Å². The van der Waals surface area contributed by atoms with Gasteiger partial charge in [0.15, 0.2) is 6.61 Å². The zero-order valence-electron chi connectivity index (χ0n) is 18.3. The van der Waals surface area contributed by atoms with E-state index in [1.807, 2.05) is 12.1 Å². The van der Waals surface area contributed by atoms with E-state index in [4.69, 9.17) is 4.74 Å². The zero-order chi connectivity index (χ0) is 23.9. The average molecular weight is 476 g/mol. The Morgan fingerprint density at radius 3 is 2.26 bits per heavy atom. The van der Waals surface area contributed by atoms with Crippen molar-refractivity contribution in [3.8, 4) is 6.07 Å². The number of rotatable bonds is 6. The number of hydrogen-bond donors (Lipinski definition) is 0. The Balaban J connectivity index is 1.33. The van der Waals surface area contributed by atoms with Crippen LogP contribution in [0, 0.1) is 17.1 Å². The van der Waals surface area contributed by atoms with Gasteiger partial charge in [-0.2, -0.15) is 5.26 Å². The molecule has 6 nitrogen and oxygen atoms in total. The summed E-state index contributed by atoms with van der Waals surface area (Å²) in [4.78, 5) is 30.5. The summed E-state index contributed by atoms with van der Waals surface area (Å²) >= 11 is 1.31. The molecule has 0 spiro atoms. The average Bonchev–Trinajstić information content (AvgIpc) is 2.88. The highest BCUT2D eigenvalue weighted by molar-refractivity contribution is 7.99. The van der Waals surface area contributed by atoms with Crippen molar-refractivity contribution in [2.75, 3.05) is 37.7 Å². The number of ether oxygens (including phenoxy) is 1. The van der Waals surface area contributed by atoms with Gasteiger partial charge >= 0.3 is 5.97 Å². The SMILES string of the molecule is N#Cc1ccccc1Sc1ccccc1C(=O)OCC(=O)N1CCN(c2ccc(F)cc2)CC1. The molecule has 0 unspecified atom stereocenters. The van der Waals surface area contributed by atoms with Crippen molar-refractivity contribution in [2.24, 2.45) is 0 Å². The molecule has 4 rings (SSSR count). The molecule has 1 aliphatic rings. The quantitative estimate of drug-likeness (QED) is 0.494. The van der Waals surface area contributed by atoms with E-state index in [0.717, 1.165) is 10.6 Å². The van der Waals surface area contributed by atoms with Crippen LogP contribution in [0.1, 0.15) is 15.9 Å². The van der Waals surface area contributed by atoms with Crippen LogP contribution in [0.2, 0.25) is 0 Å². The molecule has 172 valence electrons. The second kappa shape index (κ2) is 10.9. The summed E-state index contributed by atoms with van der Waals surface area (Å²) < 4.78 is 18.5. The Kier molecular flexibility index (Phi) is 7.45. The van der Waals surface area contributed by atoms with Gasteiger partial charge in [0, 0.05) is 41.7 Å². The van der Waals surface area contributed by atoms with Gasteiger partial charge < -0.3 is 14.5 Å². The van der Waals surface area contributed by atoms with Crippen LogP contribution in [-0.2, 0) is 9.53 Å². The number of amides is 1. The second-order valence-electron chi connectivity index (χ2n) is 7.63. The Bertz CT molecular complexity index is 1220. The molecular formula is C26H22FN3O3S. The van der Waals surface area contributed by atoms with E-state index in [9.17, 15) is 19.2 Å². The maximum absolute atomic E-state index is 13.1. The Labute approximate surface area is 201 Å². The highest BCUT2D eigenvalue weighted by Crippen LogP contribution is 2.32. The minimum Gasteiger partial charge on any atom is -0.452 e. The summed E-state index contributed by atoms with van der Waals surface area (Å²) in [5.41, 5.74) is 1.77. The number of esters is 1. The van der Waals surface area contributed by atoms with Crippen LogP contribution in [-0.4, -0.2) is 49.6 Å². The smallest absolute Gasteiger partial charge is 0.339 e. The molecule has 3 aromatic carbocycles. The van der Waals surface area contributed by atoms with Crippen molar-refractivity contribution in [1.29, 1.82) is 5.26 Å². The summed E-state index contributed by atoms with van der Waals surface area (Å²) in [6, 6.07) is 22.5. The molecule has 0 atom stereocenters. The van der Waals surface area contributed by atoms with Gasteiger partial charge in [-0.1, -0.05) is 36.0 Å². The number of anilines is 1.